The number of anilines is 2. The monoisotopic (exact) mass is 248 g/mol. The van der Waals surface area contributed by atoms with Crippen molar-refractivity contribution in [2.75, 3.05) is 11.1 Å². The summed E-state index contributed by atoms with van der Waals surface area (Å²) < 4.78 is 0. The Morgan fingerprint density at radius 3 is 2.83 bits per heavy atom. The van der Waals surface area contributed by atoms with Crippen LogP contribution in [0, 0.1) is 5.92 Å². The molecule has 1 atom stereocenters. The number of rotatable bonds is 6. The maximum Gasteiger partial charge on any atom is 0.267 e. The van der Waals surface area contributed by atoms with Crippen molar-refractivity contribution in [2.45, 2.75) is 38.6 Å². The van der Waals surface area contributed by atoms with E-state index in [0.717, 1.165) is 18.8 Å². The van der Waals surface area contributed by atoms with E-state index in [2.05, 4.69) is 17.2 Å². The number of primary amides is 1. The first-order valence-electron chi connectivity index (χ1n) is 6.43. The van der Waals surface area contributed by atoms with Gasteiger partial charge >= 0.3 is 0 Å². The number of nitrogens with one attached hydrogen (secondary N) is 1. The van der Waals surface area contributed by atoms with E-state index in [1.807, 2.05) is 0 Å². The fourth-order valence-electron chi connectivity index (χ4n) is 2.00. The second-order valence-corrected chi connectivity index (χ2v) is 4.93. The largest absolute Gasteiger partial charge is 0.396 e. The van der Waals surface area contributed by atoms with Crippen LogP contribution in [0.25, 0.3) is 0 Å². The van der Waals surface area contributed by atoms with Crippen molar-refractivity contribution in [1.82, 2.24) is 4.98 Å². The van der Waals surface area contributed by atoms with Crippen LogP contribution in [0.3, 0.4) is 0 Å². The Morgan fingerprint density at radius 1 is 1.56 bits per heavy atom. The van der Waals surface area contributed by atoms with E-state index < -0.39 is 5.91 Å². The zero-order chi connectivity index (χ0) is 13.1. The molecule has 0 radical (unpaired) electrons. The molecule has 1 saturated carbocycles. The Morgan fingerprint density at radius 2 is 2.28 bits per heavy atom. The molecule has 0 aromatic carbocycles. The van der Waals surface area contributed by atoms with Crippen LogP contribution in [0.1, 0.15) is 43.1 Å². The molecule has 1 aromatic rings. The molecule has 1 fully saturated rings. The summed E-state index contributed by atoms with van der Waals surface area (Å²) in [5.41, 5.74) is 11.9. The van der Waals surface area contributed by atoms with Gasteiger partial charge in [-0.25, -0.2) is 4.98 Å². The van der Waals surface area contributed by atoms with Gasteiger partial charge in [0.25, 0.3) is 5.91 Å². The number of nitrogens with two attached hydrogens (primary N) is 2. The highest BCUT2D eigenvalue weighted by molar-refractivity contribution is 5.91. The molecule has 0 saturated heterocycles. The van der Waals surface area contributed by atoms with Gasteiger partial charge in [-0.3, -0.25) is 4.79 Å². The number of amides is 1. The van der Waals surface area contributed by atoms with Gasteiger partial charge in [0.05, 0.1) is 5.69 Å². The van der Waals surface area contributed by atoms with Crippen LogP contribution in [0.4, 0.5) is 11.5 Å². The van der Waals surface area contributed by atoms with Crippen LogP contribution in [-0.2, 0) is 0 Å². The van der Waals surface area contributed by atoms with Crippen molar-refractivity contribution in [3.8, 4) is 0 Å². The molecule has 1 unspecified atom stereocenters. The first-order chi connectivity index (χ1) is 8.60. The van der Waals surface area contributed by atoms with Crippen LogP contribution in [0.2, 0.25) is 0 Å². The molecule has 2 rings (SSSR count). The highest BCUT2D eigenvalue weighted by Gasteiger charge is 2.25. The number of aromatic nitrogens is 1. The zero-order valence-corrected chi connectivity index (χ0v) is 10.6. The van der Waals surface area contributed by atoms with Gasteiger partial charge in [-0.2, -0.15) is 0 Å². The lowest BCUT2D eigenvalue weighted by atomic mass is 10.1. The van der Waals surface area contributed by atoms with Gasteiger partial charge in [-0.15, -0.1) is 0 Å². The summed E-state index contributed by atoms with van der Waals surface area (Å²) >= 11 is 0. The molecule has 1 amide bonds. The van der Waals surface area contributed by atoms with Crippen LogP contribution in [0.15, 0.2) is 12.1 Å². The van der Waals surface area contributed by atoms with E-state index in [4.69, 9.17) is 11.5 Å². The van der Waals surface area contributed by atoms with Gasteiger partial charge < -0.3 is 16.8 Å². The fourth-order valence-corrected chi connectivity index (χ4v) is 2.00. The molecule has 0 spiro atoms. The lowest BCUT2D eigenvalue weighted by molar-refractivity contribution is 0.0995. The molecule has 1 aliphatic rings. The van der Waals surface area contributed by atoms with Crippen molar-refractivity contribution >= 4 is 17.4 Å². The molecule has 0 aliphatic heterocycles. The summed E-state index contributed by atoms with van der Waals surface area (Å²) in [6.45, 7) is 2.13. The molecule has 1 aliphatic carbocycles. The smallest absolute Gasteiger partial charge is 0.267 e. The minimum atomic E-state index is -0.534. The second kappa shape index (κ2) is 5.25. The predicted octanol–water partition coefficient (Wildman–Crippen LogP) is 1.75. The summed E-state index contributed by atoms with van der Waals surface area (Å²) in [5.74, 6) is 0.870. The number of carbonyl (C=O) groups is 1. The summed E-state index contributed by atoms with van der Waals surface area (Å²) in [7, 11) is 0. The second-order valence-electron chi connectivity index (χ2n) is 4.93. The number of carbonyl (C=O) groups excluding carboxylic acids is 1. The van der Waals surface area contributed by atoms with E-state index in [0.29, 0.717) is 17.5 Å². The van der Waals surface area contributed by atoms with E-state index in [1.54, 1.807) is 12.1 Å². The SMILES string of the molecule is CCC(CC1CC1)Nc1nc(C(N)=O)ccc1N. The van der Waals surface area contributed by atoms with Gasteiger partial charge in [0.2, 0.25) is 0 Å². The summed E-state index contributed by atoms with van der Waals surface area (Å²) in [6.07, 6.45) is 4.79. The first-order valence-corrected chi connectivity index (χ1v) is 6.43. The maximum atomic E-state index is 11.1. The molecule has 1 heterocycles. The molecule has 98 valence electrons. The van der Waals surface area contributed by atoms with Crippen LogP contribution in [-0.4, -0.2) is 16.9 Å². The number of nitrogens with zero attached hydrogens (tertiary/aromatic N) is 1. The molecular weight excluding hydrogens is 228 g/mol. The number of hydrogen-bond acceptors (Lipinski definition) is 4. The third-order valence-electron chi connectivity index (χ3n) is 3.33. The number of nitrogen functional groups attached to an aromatic ring is 1. The van der Waals surface area contributed by atoms with Crippen molar-refractivity contribution in [1.29, 1.82) is 0 Å². The maximum absolute atomic E-state index is 11.1. The minimum Gasteiger partial charge on any atom is -0.396 e. The third-order valence-corrected chi connectivity index (χ3v) is 3.33. The quantitative estimate of drug-likeness (QED) is 0.715. The van der Waals surface area contributed by atoms with E-state index in [9.17, 15) is 4.79 Å². The zero-order valence-electron chi connectivity index (χ0n) is 10.6. The molecule has 0 bridgehead atoms. The van der Waals surface area contributed by atoms with Crippen molar-refractivity contribution < 1.29 is 4.79 Å². The Hall–Kier alpha value is -1.78. The van der Waals surface area contributed by atoms with Crippen LogP contribution < -0.4 is 16.8 Å². The Balaban J connectivity index is 2.10. The molecule has 1 aromatic heterocycles. The molecular formula is C13H20N4O. The van der Waals surface area contributed by atoms with E-state index >= 15 is 0 Å². The van der Waals surface area contributed by atoms with E-state index in [1.165, 1.54) is 12.8 Å². The summed E-state index contributed by atoms with van der Waals surface area (Å²) in [5, 5.41) is 3.32. The highest BCUT2D eigenvalue weighted by atomic mass is 16.1. The van der Waals surface area contributed by atoms with Gasteiger partial charge in [-0.1, -0.05) is 19.8 Å². The normalized spacial score (nSPS) is 16.3. The predicted molar refractivity (Wildman–Crippen MR) is 72.2 cm³/mol. The number of hydrogen-bond donors (Lipinski definition) is 3. The lowest BCUT2D eigenvalue weighted by Gasteiger charge is -2.18. The van der Waals surface area contributed by atoms with Crippen molar-refractivity contribution in [3.05, 3.63) is 17.8 Å². The van der Waals surface area contributed by atoms with Gasteiger partial charge in [-0.05, 0) is 30.9 Å². The van der Waals surface area contributed by atoms with Crippen molar-refractivity contribution in [2.24, 2.45) is 11.7 Å². The Kier molecular flexibility index (Phi) is 3.69. The third kappa shape index (κ3) is 3.12. The molecule has 5 nitrogen and oxygen atoms in total. The molecule has 5 heteroatoms. The minimum absolute atomic E-state index is 0.243. The average molecular weight is 248 g/mol. The Bertz CT molecular complexity index is 443. The van der Waals surface area contributed by atoms with Gasteiger partial charge in [0.15, 0.2) is 0 Å². The van der Waals surface area contributed by atoms with Crippen molar-refractivity contribution in [3.63, 3.8) is 0 Å². The van der Waals surface area contributed by atoms with E-state index in [-0.39, 0.29) is 5.69 Å². The van der Waals surface area contributed by atoms with Crippen LogP contribution in [0.5, 0.6) is 0 Å². The first kappa shape index (κ1) is 12.7. The van der Waals surface area contributed by atoms with Gasteiger partial charge in [0, 0.05) is 6.04 Å². The molecule has 5 N–H and O–H groups in total. The van der Waals surface area contributed by atoms with Crippen LogP contribution >= 0.6 is 0 Å². The molecule has 18 heavy (non-hydrogen) atoms. The standard InChI is InChI=1S/C13H20N4O/c1-2-9(7-8-3-4-8)16-13-10(14)5-6-11(17-13)12(15)18/h5-6,8-9H,2-4,7,14H2,1H3,(H2,15,18)(H,16,17). The summed E-state index contributed by atoms with van der Waals surface area (Å²) in [4.78, 5) is 15.3. The lowest BCUT2D eigenvalue weighted by Crippen LogP contribution is -2.22. The Labute approximate surface area is 107 Å². The van der Waals surface area contributed by atoms with Gasteiger partial charge in [0.1, 0.15) is 11.5 Å². The topological polar surface area (TPSA) is 94.0 Å². The average Bonchev–Trinajstić information content (AvgIpc) is 3.14. The number of pyridine rings is 1. The fraction of sp³-hybridized carbons (Fsp3) is 0.538. The summed E-state index contributed by atoms with van der Waals surface area (Å²) in [6, 6.07) is 3.57. The highest BCUT2D eigenvalue weighted by Crippen LogP contribution is 2.35.